The zero-order valence-corrected chi connectivity index (χ0v) is 11.5. The van der Waals surface area contributed by atoms with E-state index < -0.39 is 0 Å². The molecule has 18 heavy (non-hydrogen) atoms. The molecule has 3 nitrogen and oxygen atoms in total. The Hall–Kier alpha value is -0.545. The van der Waals surface area contributed by atoms with Gasteiger partial charge in [0.1, 0.15) is 0 Å². The second-order valence-corrected chi connectivity index (χ2v) is 5.00. The van der Waals surface area contributed by atoms with E-state index in [1.54, 1.807) is 7.48 Å². The molecule has 0 amide bonds. The zero-order chi connectivity index (χ0) is 12.8. The Morgan fingerprint density at radius 1 is 1.39 bits per heavy atom. The van der Waals surface area contributed by atoms with E-state index >= 15 is 0 Å². The number of halogens is 1. The summed E-state index contributed by atoms with van der Waals surface area (Å²) in [5.74, 6) is 0. The van der Waals surface area contributed by atoms with E-state index in [0.717, 1.165) is 55.4 Å². The van der Waals surface area contributed by atoms with Crippen molar-refractivity contribution in [2.45, 2.75) is 6.92 Å². The molecule has 0 aliphatic carbocycles. The maximum atomic E-state index is 6.06. The summed E-state index contributed by atoms with van der Waals surface area (Å²) >= 11 is 6.06. The quantitative estimate of drug-likeness (QED) is 0.630. The lowest BCUT2D eigenvalue weighted by molar-refractivity contribution is 0.196. The highest BCUT2D eigenvalue weighted by molar-refractivity contribution is 6.47. The van der Waals surface area contributed by atoms with Crippen LogP contribution in [0, 0.1) is 6.92 Å². The first-order valence-corrected chi connectivity index (χ1v) is 6.77. The van der Waals surface area contributed by atoms with Gasteiger partial charge < -0.3 is 9.97 Å². The van der Waals surface area contributed by atoms with E-state index in [-0.39, 0.29) is 0 Å². The number of nitrogens with zero attached hydrogens (tertiary/aromatic N) is 1. The Balaban J connectivity index is 1.66. The Labute approximate surface area is 115 Å². The van der Waals surface area contributed by atoms with Crippen LogP contribution in [-0.4, -0.2) is 51.7 Å². The lowest BCUT2D eigenvalue weighted by atomic mass is 9.87. The first-order chi connectivity index (χ1) is 8.75. The minimum atomic E-state index is 0.728. The lowest BCUT2D eigenvalue weighted by Gasteiger charge is -2.26. The van der Waals surface area contributed by atoms with Gasteiger partial charge >= 0.3 is 7.48 Å². The second kappa shape index (κ2) is 7.14. The number of aryl methyl sites for hydroxylation is 1. The van der Waals surface area contributed by atoms with Crippen molar-refractivity contribution >= 4 is 24.5 Å². The van der Waals surface area contributed by atoms with Crippen molar-refractivity contribution in [3.8, 4) is 0 Å². The van der Waals surface area contributed by atoms with Crippen LogP contribution in [0.3, 0.4) is 0 Å². The summed E-state index contributed by atoms with van der Waals surface area (Å²) in [5.41, 5.74) is 2.11. The lowest BCUT2D eigenvalue weighted by Crippen LogP contribution is -2.44. The molecule has 0 saturated carbocycles. The van der Waals surface area contributed by atoms with Crippen molar-refractivity contribution in [2.24, 2.45) is 0 Å². The Morgan fingerprint density at radius 3 is 2.89 bits per heavy atom. The van der Waals surface area contributed by atoms with Crippen molar-refractivity contribution in [1.82, 2.24) is 10.2 Å². The molecule has 0 aromatic heterocycles. The summed E-state index contributed by atoms with van der Waals surface area (Å²) in [7, 11) is 1.79. The van der Waals surface area contributed by atoms with Crippen LogP contribution in [-0.2, 0) is 4.65 Å². The molecule has 1 aliphatic rings. The molecule has 97 valence electrons. The van der Waals surface area contributed by atoms with Gasteiger partial charge in [0.25, 0.3) is 0 Å². The normalized spacial score (nSPS) is 16.8. The molecule has 0 atom stereocenters. The van der Waals surface area contributed by atoms with E-state index in [1.165, 1.54) is 0 Å². The number of hydrogen-bond acceptors (Lipinski definition) is 3. The molecule has 2 rings (SSSR count). The van der Waals surface area contributed by atoms with Gasteiger partial charge in [-0.25, -0.2) is 0 Å². The van der Waals surface area contributed by atoms with Gasteiger partial charge in [-0.05, 0) is 18.6 Å². The second-order valence-electron chi connectivity index (χ2n) is 4.59. The molecule has 0 spiro atoms. The third-order valence-electron chi connectivity index (χ3n) is 3.15. The molecule has 1 saturated heterocycles. The Morgan fingerprint density at radius 2 is 2.17 bits per heavy atom. The maximum absolute atomic E-state index is 6.06. The van der Waals surface area contributed by atoms with Gasteiger partial charge in [0.15, 0.2) is 0 Å². The molecule has 1 aromatic carbocycles. The van der Waals surface area contributed by atoms with Crippen LogP contribution in [0.5, 0.6) is 0 Å². The van der Waals surface area contributed by atoms with Gasteiger partial charge in [-0.15, -0.1) is 0 Å². The molecule has 5 heteroatoms. The van der Waals surface area contributed by atoms with Gasteiger partial charge in [-0.2, -0.15) is 0 Å². The first-order valence-electron chi connectivity index (χ1n) is 6.40. The predicted octanol–water partition coefficient (Wildman–Crippen LogP) is 0.815. The number of piperazine rings is 1. The van der Waals surface area contributed by atoms with E-state index in [9.17, 15) is 0 Å². The van der Waals surface area contributed by atoms with Gasteiger partial charge in [0, 0.05) is 44.4 Å². The third-order valence-corrected chi connectivity index (χ3v) is 3.56. The van der Waals surface area contributed by atoms with Crippen LogP contribution in [0.15, 0.2) is 18.2 Å². The molecule has 1 fully saturated rings. The fraction of sp³-hybridized carbons (Fsp3) is 0.538. The SMILES string of the molecule is Cc1ccc([B]OCCN2CCNCC2)cc1Cl. The smallest absolute Gasteiger partial charge is 0.330 e. The van der Waals surface area contributed by atoms with Crippen LogP contribution in [0.2, 0.25) is 5.02 Å². The summed E-state index contributed by atoms with van der Waals surface area (Å²) in [6, 6.07) is 5.96. The van der Waals surface area contributed by atoms with Crippen LogP contribution >= 0.6 is 11.6 Å². The van der Waals surface area contributed by atoms with Crippen molar-refractivity contribution < 1.29 is 4.65 Å². The fourth-order valence-corrected chi connectivity index (χ4v) is 2.14. The van der Waals surface area contributed by atoms with Crippen LogP contribution in [0.1, 0.15) is 5.56 Å². The van der Waals surface area contributed by atoms with Crippen LogP contribution in [0.25, 0.3) is 0 Å². The van der Waals surface area contributed by atoms with Gasteiger partial charge in [-0.3, -0.25) is 4.90 Å². The predicted molar refractivity (Wildman–Crippen MR) is 76.8 cm³/mol. The number of hydrogen-bond donors (Lipinski definition) is 1. The van der Waals surface area contributed by atoms with Crippen molar-refractivity contribution in [1.29, 1.82) is 0 Å². The topological polar surface area (TPSA) is 24.5 Å². The average Bonchev–Trinajstić information content (AvgIpc) is 2.40. The summed E-state index contributed by atoms with van der Waals surface area (Å²) in [6.07, 6.45) is 0. The number of rotatable bonds is 5. The van der Waals surface area contributed by atoms with E-state index in [4.69, 9.17) is 16.3 Å². The zero-order valence-electron chi connectivity index (χ0n) is 10.8. The van der Waals surface area contributed by atoms with Gasteiger partial charge in [0.05, 0.1) is 0 Å². The third kappa shape index (κ3) is 4.28. The van der Waals surface area contributed by atoms with Gasteiger partial charge in [-0.1, -0.05) is 29.2 Å². The molecule has 1 aromatic rings. The van der Waals surface area contributed by atoms with E-state index in [2.05, 4.69) is 10.2 Å². The monoisotopic (exact) mass is 265 g/mol. The number of nitrogens with one attached hydrogen (secondary N) is 1. The largest absolute Gasteiger partial charge is 0.433 e. The molecule has 0 unspecified atom stereocenters. The fourth-order valence-electron chi connectivity index (χ4n) is 1.95. The highest BCUT2D eigenvalue weighted by Crippen LogP contribution is 2.11. The van der Waals surface area contributed by atoms with Crippen LogP contribution < -0.4 is 10.8 Å². The molecular weight excluding hydrogens is 246 g/mol. The van der Waals surface area contributed by atoms with Crippen molar-refractivity contribution in [3.63, 3.8) is 0 Å². The Bertz CT molecular complexity index is 383. The summed E-state index contributed by atoms with van der Waals surface area (Å²) in [6.45, 7) is 8.09. The first kappa shape index (κ1) is 13.9. The minimum Gasteiger partial charge on any atom is -0.433 e. The molecule has 1 radical (unpaired) electrons. The standard InChI is InChI=1S/C13H19BClN2O/c1-11-2-3-12(10-13(11)15)14-18-9-8-17-6-4-16-5-7-17/h2-3,10,16H,4-9H2,1H3. The Kier molecular flexibility index (Phi) is 5.51. The highest BCUT2D eigenvalue weighted by Gasteiger charge is 2.08. The van der Waals surface area contributed by atoms with Gasteiger partial charge in [0.2, 0.25) is 0 Å². The molecule has 0 bridgehead atoms. The summed E-state index contributed by atoms with van der Waals surface area (Å²) in [4.78, 5) is 2.41. The minimum absolute atomic E-state index is 0.728. The maximum Gasteiger partial charge on any atom is 0.330 e. The van der Waals surface area contributed by atoms with E-state index in [1.807, 2.05) is 25.1 Å². The van der Waals surface area contributed by atoms with Crippen molar-refractivity contribution in [3.05, 3.63) is 28.8 Å². The highest BCUT2D eigenvalue weighted by atomic mass is 35.5. The van der Waals surface area contributed by atoms with Crippen molar-refractivity contribution in [2.75, 3.05) is 39.3 Å². The van der Waals surface area contributed by atoms with Crippen LogP contribution in [0.4, 0.5) is 0 Å². The molecule has 1 heterocycles. The summed E-state index contributed by atoms with van der Waals surface area (Å²) in [5, 5.41) is 4.12. The average molecular weight is 266 g/mol. The van der Waals surface area contributed by atoms with E-state index in [0.29, 0.717) is 0 Å². The molecule has 1 N–H and O–H groups in total. The molecular formula is C13H19BClN2O. The number of benzene rings is 1. The molecule has 1 aliphatic heterocycles. The summed E-state index contributed by atoms with van der Waals surface area (Å²) < 4.78 is 5.57.